The van der Waals surface area contributed by atoms with Gasteiger partial charge >= 0.3 is 0 Å². The molecule has 5 nitrogen and oxygen atoms in total. The second kappa shape index (κ2) is 13.3. The molecule has 0 aliphatic heterocycles. The zero-order valence-corrected chi connectivity index (χ0v) is 33.5. The number of thiophene rings is 1. The highest BCUT2D eigenvalue weighted by atomic mass is 32.1. The van der Waals surface area contributed by atoms with Gasteiger partial charge in [-0.25, -0.2) is 4.98 Å². The normalized spacial score (nSPS) is 11.9. The van der Waals surface area contributed by atoms with Gasteiger partial charge in [0.15, 0.2) is 11.6 Å². The van der Waals surface area contributed by atoms with E-state index in [1.165, 1.54) is 52.8 Å². The first-order valence-electron chi connectivity index (χ1n) is 20.5. The molecule has 9 aromatic carbocycles. The van der Waals surface area contributed by atoms with Crippen LogP contribution in [-0.4, -0.2) is 24.1 Å². The summed E-state index contributed by atoms with van der Waals surface area (Å²) in [5, 5.41) is 9.70. The molecule has 6 heteroatoms. The Kier molecular flexibility index (Phi) is 7.41. The van der Waals surface area contributed by atoms with E-state index in [2.05, 4.69) is 185 Å². The minimum atomic E-state index is 0.584. The number of hydrogen-bond donors (Lipinski definition) is 0. The number of aromatic nitrogens is 5. The maximum atomic E-state index is 5.37. The van der Waals surface area contributed by atoms with Gasteiger partial charge in [0.25, 0.3) is 0 Å². The Bertz CT molecular complexity index is 3880. The predicted molar refractivity (Wildman–Crippen MR) is 255 cm³/mol. The van der Waals surface area contributed by atoms with Crippen LogP contribution in [0.1, 0.15) is 0 Å². The van der Waals surface area contributed by atoms with Crippen LogP contribution in [0.4, 0.5) is 0 Å². The van der Waals surface area contributed by atoms with Gasteiger partial charge in [-0.05, 0) is 52.2 Å². The molecule has 0 unspecified atom stereocenters. The standard InChI is InChI=1S/C55H33N5S/c1-3-14-34(15-4-1)37-20-13-21-39(32-37)54-56-53(36-17-5-2-6-18-36)57-55(58-54)60-48-25-12-10-23-42(48)44-29-31-46-45-30-28-43-41-22-9-11-24-47(41)59(49(43)51(45)61-52(46)50(44)60)40-27-26-35-16-7-8-19-38(35)33-40/h1-33H. The molecular formula is C55H33N5S. The molecule has 61 heavy (non-hydrogen) atoms. The first-order chi connectivity index (χ1) is 30.2. The van der Waals surface area contributed by atoms with Gasteiger partial charge in [0.05, 0.1) is 31.5 Å². The summed E-state index contributed by atoms with van der Waals surface area (Å²) in [5.74, 6) is 1.83. The molecule has 0 bridgehead atoms. The van der Waals surface area contributed by atoms with Gasteiger partial charge in [0.2, 0.25) is 5.95 Å². The van der Waals surface area contributed by atoms with Crippen LogP contribution in [0.15, 0.2) is 200 Å². The van der Waals surface area contributed by atoms with Crippen molar-refractivity contribution in [1.29, 1.82) is 0 Å². The summed E-state index contributed by atoms with van der Waals surface area (Å²) in [6.07, 6.45) is 0. The molecule has 4 heterocycles. The molecule has 0 aliphatic rings. The third-order valence-corrected chi connectivity index (χ3v) is 13.4. The Balaban J connectivity index is 1.12. The third kappa shape index (κ3) is 5.22. The van der Waals surface area contributed by atoms with E-state index in [0.29, 0.717) is 17.6 Å². The Labute approximate surface area is 354 Å². The third-order valence-electron chi connectivity index (χ3n) is 12.1. The maximum absolute atomic E-state index is 5.37. The van der Waals surface area contributed by atoms with E-state index < -0.39 is 0 Å². The van der Waals surface area contributed by atoms with Crippen molar-refractivity contribution in [3.63, 3.8) is 0 Å². The van der Waals surface area contributed by atoms with Crippen molar-refractivity contribution in [3.8, 4) is 45.5 Å². The number of para-hydroxylation sites is 2. The molecule has 0 aliphatic carbocycles. The molecule has 0 saturated carbocycles. The number of nitrogens with zero attached hydrogens (tertiary/aromatic N) is 5. The lowest BCUT2D eigenvalue weighted by atomic mass is 10.0. The molecule has 0 fully saturated rings. The van der Waals surface area contributed by atoms with Gasteiger partial charge in [-0.2, -0.15) is 9.97 Å². The largest absolute Gasteiger partial charge is 0.308 e. The van der Waals surface area contributed by atoms with Crippen LogP contribution in [-0.2, 0) is 0 Å². The van der Waals surface area contributed by atoms with Gasteiger partial charge in [-0.3, -0.25) is 4.57 Å². The molecule has 0 saturated heterocycles. The van der Waals surface area contributed by atoms with Gasteiger partial charge in [-0.15, -0.1) is 11.3 Å². The summed E-state index contributed by atoms with van der Waals surface area (Å²) in [5.41, 5.74) is 9.82. The van der Waals surface area contributed by atoms with Crippen molar-refractivity contribution in [2.45, 2.75) is 0 Å². The molecule has 4 aromatic heterocycles. The Morgan fingerprint density at radius 1 is 0.328 bits per heavy atom. The summed E-state index contributed by atoms with van der Waals surface area (Å²) >= 11 is 1.86. The van der Waals surface area contributed by atoms with Crippen molar-refractivity contribution >= 4 is 85.9 Å². The lowest BCUT2D eigenvalue weighted by Gasteiger charge is -2.12. The molecule has 0 amide bonds. The molecule has 0 atom stereocenters. The summed E-state index contributed by atoms with van der Waals surface area (Å²) in [6.45, 7) is 0. The maximum Gasteiger partial charge on any atom is 0.238 e. The van der Waals surface area contributed by atoms with E-state index in [1.807, 2.05) is 35.6 Å². The number of fused-ring (bicyclic) bond motifs is 12. The summed E-state index contributed by atoms with van der Waals surface area (Å²) in [6, 6.07) is 71.3. The lowest BCUT2D eigenvalue weighted by Crippen LogP contribution is -2.06. The SMILES string of the molecule is c1ccc(-c2cccc(-c3nc(-c4ccccc4)nc(-n4c5ccccc5c5ccc6c7ccc8c9ccccc9n(-c9ccc%10ccccc%10c9)c8c7sc6c54)n3)c2)cc1. The highest BCUT2D eigenvalue weighted by Gasteiger charge is 2.23. The monoisotopic (exact) mass is 795 g/mol. The van der Waals surface area contributed by atoms with Crippen LogP contribution in [0.5, 0.6) is 0 Å². The fourth-order valence-corrected chi connectivity index (χ4v) is 10.7. The summed E-state index contributed by atoms with van der Waals surface area (Å²) < 4.78 is 7.19. The summed E-state index contributed by atoms with van der Waals surface area (Å²) in [4.78, 5) is 15.8. The van der Waals surface area contributed by atoms with Gasteiger partial charge in [0.1, 0.15) is 0 Å². The molecule has 0 spiro atoms. The second-order valence-electron chi connectivity index (χ2n) is 15.6. The average Bonchev–Trinajstić information content (AvgIpc) is 4.00. The Hall–Kier alpha value is -7.93. The van der Waals surface area contributed by atoms with E-state index in [0.717, 1.165) is 49.7 Å². The fraction of sp³-hybridized carbons (Fsp3) is 0. The Morgan fingerprint density at radius 3 is 1.56 bits per heavy atom. The first-order valence-corrected chi connectivity index (χ1v) is 21.3. The minimum absolute atomic E-state index is 0.584. The van der Waals surface area contributed by atoms with E-state index in [9.17, 15) is 0 Å². The van der Waals surface area contributed by atoms with E-state index in [4.69, 9.17) is 15.0 Å². The minimum Gasteiger partial charge on any atom is -0.308 e. The lowest BCUT2D eigenvalue weighted by molar-refractivity contribution is 0.955. The smallest absolute Gasteiger partial charge is 0.238 e. The summed E-state index contributed by atoms with van der Waals surface area (Å²) in [7, 11) is 0. The zero-order valence-electron chi connectivity index (χ0n) is 32.7. The van der Waals surface area contributed by atoms with Gasteiger partial charge < -0.3 is 4.57 Å². The topological polar surface area (TPSA) is 48.5 Å². The number of rotatable bonds is 5. The van der Waals surface area contributed by atoms with Crippen molar-refractivity contribution in [2.24, 2.45) is 0 Å². The van der Waals surface area contributed by atoms with Crippen molar-refractivity contribution in [1.82, 2.24) is 24.1 Å². The van der Waals surface area contributed by atoms with Crippen molar-refractivity contribution < 1.29 is 0 Å². The van der Waals surface area contributed by atoms with E-state index in [1.54, 1.807) is 0 Å². The highest BCUT2D eigenvalue weighted by Crippen LogP contribution is 2.47. The highest BCUT2D eigenvalue weighted by molar-refractivity contribution is 7.27. The molecule has 284 valence electrons. The average molecular weight is 796 g/mol. The molecular weight excluding hydrogens is 763 g/mol. The Morgan fingerprint density at radius 2 is 0.852 bits per heavy atom. The van der Waals surface area contributed by atoms with E-state index in [-0.39, 0.29) is 0 Å². The molecule has 13 rings (SSSR count). The first kappa shape index (κ1) is 34.0. The zero-order chi connectivity index (χ0) is 40.0. The van der Waals surface area contributed by atoms with Crippen LogP contribution in [0.2, 0.25) is 0 Å². The van der Waals surface area contributed by atoms with E-state index >= 15 is 0 Å². The van der Waals surface area contributed by atoms with Crippen LogP contribution in [0.25, 0.3) is 120 Å². The molecule has 0 radical (unpaired) electrons. The van der Waals surface area contributed by atoms with Crippen molar-refractivity contribution in [3.05, 3.63) is 200 Å². The van der Waals surface area contributed by atoms with Crippen LogP contribution in [0.3, 0.4) is 0 Å². The van der Waals surface area contributed by atoms with Gasteiger partial charge in [-0.1, -0.05) is 170 Å². The van der Waals surface area contributed by atoms with Crippen LogP contribution in [0, 0.1) is 0 Å². The number of benzene rings is 9. The molecule has 13 aromatic rings. The van der Waals surface area contributed by atoms with Crippen LogP contribution >= 0.6 is 11.3 Å². The van der Waals surface area contributed by atoms with Gasteiger partial charge in [0, 0.05) is 49.1 Å². The quantitative estimate of drug-likeness (QED) is 0.174. The van der Waals surface area contributed by atoms with Crippen LogP contribution < -0.4 is 0 Å². The number of hydrogen-bond acceptors (Lipinski definition) is 4. The molecule has 0 N–H and O–H groups in total. The predicted octanol–water partition coefficient (Wildman–Crippen LogP) is 14.6. The van der Waals surface area contributed by atoms with Crippen molar-refractivity contribution in [2.75, 3.05) is 0 Å². The second-order valence-corrected chi connectivity index (χ2v) is 16.6. The fourth-order valence-electron chi connectivity index (χ4n) is 9.36.